The van der Waals surface area contributed by atoms with E-state index in [4.69, 9.17) is 4.74 Å². The third-order valence-electron chi connectivity index (χ3n) is 3.98. The van der Waals surface area contributed by atoms with Crippen molar-refractivity contribution in [3.8, 4) is 11.6 Å². The number of carbonyl (C=O) groups is 1. The van der Waals surface area contributed by atoms with Gasteiger partial charge in [-0.1, -0.05) is 6.92 Å². The Kier molecular flexibility index (Phi) is 5.76. The summed E-state index contributed by atoms with van der Waals surface area (Å²) in [5, 5.41) is 6.13. The second kappa shape index (κ2) is 7.47. The predicted molar refractivity (Wildman–Crippen MR) is 84.2 cm³/mol. The fourth-order valence-corrected chi connectivity index (χ4v) is 2.37. The summed E-state index contributed by atoms with van der Waals surface area (Å²) in [6.45, 7) is 6.72. The molecule has 1 aromatic heterocycles. The molecule has 2 rings (SSSR count). The first-order chi connectivity index (χ1) is 11.6. The Morgan fingerprint density at radius 1 is 1.40 bits per heavy atom. The molecule has 0 aliphatic carbocycles. The van der Waals surface area contributed by atoms with Crippen LogP contribution in [0.2, 0.25) is 0 Å². The van der Waals surface area contributed by atoms with Crippen LogP contribution in [0.3, 0.4) is 0 Å². The monoisotopic (exact) mass is 361 g/mol. The molecule has 1 aromatic rings. The normalized spacial score (nSPS) is 21.0. The topological polar surface area (TPSA) is 72.5 Å². The molecule has 9 heteroatoms. The Hall–Kier alpha value is -2.03. The standard InChI is InChI=1S/C16H22F3N3O3/c1-10-7-20-8-11(10)22-14(23)15(2,3)9-24-13-12(5-4-6-21-13)25-16(17,18)19/h4-6,10-11,20H,7-9H2,1-3H3,(H,22,23)/t10-,11-/m1/s1. The van der Waals surface area contributed by atoms with Crippen LogP contribution in [0, 0.1) is 11.3 Å². The fraction of sp³-hybridized carbons (Fsp3) is 0.625. The van der Waals surface area contributed by atoms with Crippen molar-refractivity contribution in [2.45, 2.75) is 33.2 Å². The van der Waals surface area contributed by atoms with Crippen LogP contribution in [0.4, 0.5) is 13.2 Å². The molecular weight excluding hydrogens is 339 g/mol. The van der Waals surface area contributed by atoms with E-state index in [-0.39, 0.29) is 24.4 Å². The fourth-order valence-electron chi connectivity index (χ4n) is 2.37. The van der Waals surface area contributed by atoms with E-state index in [1.807, 2.05) is 6.92 Å². The summed E-state index contributed by atoms with van der Waals surface area (Å²) in [6, 6.07) is 2.43. The highest BCUT2D eigenvalue weighted by atomic mass is 19.4. The number of rotatable bonds is 6. The van der Waals surface area contributed by atoms with E-state index < -0.39 is 17.5 Å². The molecule has 2 N–H and O–H groups in total. The summed E-state index contributed by atoms with van der Waals surface area (Å²) in [4.78, 5) is 16.2. The average molecular weight is 361 g/mol. The number of hydrogen-bond donors (Lipinski definition) is 2. The Morgan fingerprint density at radius 3 is 2.72 bits per heavy atom. The van der Waals surface area contributed by atoms with Gasteiger partial charge in [-0.3, -0.25) is 4.79 Å². The van der Waals surface area contributed by atoms with E-state index in [0.717, 1.165) is 12.6 Å². The molecule has 140 valence electrons. The van der Waals surface area contributed by atoms with Gasteiger partial charge < -0.3 is 20.1 Å². The van der Waals surface area contributed by atoms with Crippen LogP contribution in [-0.4, -0.2) is 43.0 Å². The molecule has 0 spiro atoms. The average Bonchev–Trinajstić information content (AvgIpc) is 2.90. The molecule has 1 aliphatic rings. The number of halogens is 3. The van der Waals surface area contributed by atoms with Gasteiger partial charge in [0.25, 0.3) is 5.88 Å². The molecule has 2 heterocycles. The quantitative estimate of drug-likeness (QED) is 0.812. The van der Waals surface area contributed by atoms with Crippen molar-refractivity contribution in [2.75, 3.05) is 19.7 Å². The van der Waals surface area contributed by atoms with Crippen molar-refractivity contribution in [1.29, 1.82) is 0 Å². The summed E-state index contributed by atoms with van der Waals surface area (Å²) < 4.78 is 46.5. The maximum Gasteiger partial charge on any atom is 0.573 e. The molecule has 1 amide bonds. The van der Waals surface area contributed by atoms with Crippen molar-refractivity contribution in [3.05, 3.63) is 18.3 Å². The minimum Gasteiger partial charge on any atom is -0.474 e. The van der Waals surface area contributed by atoms with Gasteiger partial charge in [0.2, 0.25) is 5.91 Å². The van der Waals surface area contributed by atoms with Gasteiger partial charge in [-0.25, -0.2) is 4.98 Å². The van der Waals surface area contributed by atoms with Gasteiger partial charge in [0.15, 0.2) is 5.75 Å². The third kappa shape index (κ3) is 5.48. The van der Waals surface area contributed by atoms with Gasteiger partial charge in [-0.15, -0.1) is 13.2 Å². The Balaban J connectivity index is 1.98. The van der Waals surface area contributed by atoms with E-state index in [1.54, 1.807) is 13.8 Å². The first-order valence-corrected chi connectivity index (χ1v) is 7.94. The first kappa shape index (κ1) is 19.3. The lowest BCUT2D eigenvalue weighted by Crippen LogP contribution is -2.48. The lowest BCUT2D eigenvalue weighted by atomic mass is 9.92. The molecule has 0 saturated carbocycles. The molecule has 0 bridgehead atoms. The maximum absolute atomic E-state index is 12.5. The van der Waals surface area contributed by atoms with Gasteiger partial charge in [-0.05, 0) is 38.4 Å². The van der Waals surface area contributed by atoms with E-state index in [1.165, 1.54) is 12.3 Å². The molecule has 25 heavy (non-hydrogen) atoms. The molecule has 0 aromatic carbocycles. The molecule has 1 saturated heterocycles. The van der Waals surface area contributed by atoms with E-state index >= 15 is 0 Å². The molecule has 2 atom stereocenters. The van der Waals surface area contributed by atoms with Gasteiger partial charge in [0, 0.05) is 18.8 Å². The maximum atomic E-state index is 12.5. The zero-order valence-electron chi connectivity index (χ0n) is 14.3. The summed E-state index contributed by atoms with van der Waals surface area (Å²) in [6.07, 6.45) is -3.56. The molecule has 6 nitrogen and oxygen atoms in total. The second-order valence-corrected chi connectivity index (χ2v) is 6.74. The summed E-state index contributed by atoms with van der Waals surface area (Å²) in [7, 11) is 0. The minimum absolute atomic E-state index is 0.0192. The van der Waals surface area contributed by atoms with Gasteiger partial charge in [0.05, 0.1) is 5.41 Å². The Morgan fingerprint density at radius 2 is 2.12 bits per heavy atom. The predicted octanol–water partition coefficient (Wildman–Crippen LogP) is 2.11. The van der Waals surface area contributed by atoms with Crippen LogP contribution < -0.4 is 20.1 Å². The number of aromatic nitrogens is 1. The lowest BCUT2D eigenvalue weighted by Gasteiger charge is -2.27. The van der Waals surface area contributed by atoms with Gasteiger partial charge >= 0.3 is 6.36 Å². The third-order valence-corrected chi connectivity index (χ3v) is 3.98. The molecular formula is C16H22F3N3O3. The zero-order chi connectivity index (χ0) is 18.7. The van der Waals surface area contributed by atoms with Crippen LogP contribution in [0.5, 0.6) is 11.6 Å². The highest BCUT2D eigenvalue weighted by molar-refractivity contribution is 5.82. The number of pyridine rings is 1. The number of nitrogens with zero attached hydrogens (tertiary/aromatic N) is 1. The number of amides is 1. The summed E-state index contributed by atoms with van der Waals surface area (Å²) in [5.41, 5.74) is -0.949. The van der Waals surface area contributed by atoms with Gasteiger partial charge in [0.1, 0.15) is 6.61 Å². The molecule has 0 unspecified atom stereocenters. The van der Waals surface area contributed by atoms with Crippen LogP contribution in [0.1, 0.15) is 20.8 Å². The van der Waals surface area contributed by atoms with Crippen molar-refractivity contribution >= 4 is 5.91 Å². The second-order valence-electron chi connectivity index (χ2n) is 6.74. The Labute approximate surface area is 144 Å². The minimum atomic E-state index is -4.85. The highest BCUT2D eigenvalue weighted by Crippen LogP contribution is 2.31. The molecule has 1 aliphatic heterocycles. The summed E-state index contributed by atoms with van der Waals surface area (Å²) >= 11 is 0. The van der Waals surface area contributed by atoms with E-state index in [2.05, 4.69) is 20.4 Å². The number of hydrogen-bond acceptors (Lipinski definition) is 5. The Bertz CT molecular complexity index is 608. The smallest absolute Gasteiger partial charge is 0.474 e. The van der Waals surface area contributed by atoms with Crippen LogP contribution >= 0.6 is 0 Å². The van der Waals surface area contributed by atoms with Crippen LogP contribution in [0.15, 0.2) is 18.3 Å². The zero-order valence-corrected chi connectivity index (χ0v) is 14.3. The highest BCUT2D eigenvalue weighted by Gasteiger charge is 2.35. The largest absolute Gasteiger partial charge is 0.573 e. The van der Waals surface area contributed by atoms with Crippen molar-refractivity contribution in [2.24, 2.45) is 11.3 Å². The lowest BCUT2D eigenvalue weighted by molar-refractivity contribution is -0.275. The van der Waals surface area contributed by atoms with Crippen LogP contribution in [-0.2, 0) is 4.79 Å². The molecule has 0 radical (unpaired) electrons. The molecule has 1 fully saturated rings. The number of carbonyl (C=O) groups excluding carboxylic acids is 1. The van der Waals surface area contributed by atoms with Crippen molar-refractivity contribution in [3.63, 3.8) is 0 Å². The van der Waals surface area contributed by atoms with E-state index in [0.29, 0.717) is 12.5 Å². The number of ether oxygens (including phenoxy) is 2. The SMILES string of the molecule is C[C@@H]1CNC[C@H]1NC(=O)C(C)(C)COc1ncccc1OC(F)(F)F. The van der Waals surface area contributed by atoms with Crippen molar-refractivity contribution in [1.82, 2.24) is 15.6 Å². The van der Waals surface area contributed by atoms with E-state index in [9.17, 15) is 18.0 Å². The van der Waals surface area contributed by atoms with Crippen LogP contribution in [0.25, 0.3) is 0 Å². The number of nitrogens with one attached hydrogen (secondary N) is 2. The van der Waals surface area contributed by atoms with Gasteiger partial charge in [-0.2, -0.15) is 0 Å². The summed E-state index contributed by atoms with van der Waals surface area (Å²) in [5.74, 6) is -0.776. The van der Waals surface area contributed by atoms with Crippen molar-refractivity contribution < 1.29 is 27.4 Å². The first-order valence-electron chi connectivity index (χ1n) is 7.94. The number of alkyl halides is 3.